The topological polar surface area (TPSA) is 49.4 Å². The largest absolute Gasteiger partial charge is 0.352 e. The Balaban J connectivity index is 1.71. The van der Waals surface area contributed by atoms with Crippen LogP contribution in [0.15, 0.2) is 42.5 Å². The van der Waals surface area contributed by atoms with E-state index in [9.17, 15) is 9.59 Å². The Morgan fingerprint density at radius 1 is 1.12 bits per heavy atom. The molecule has 1 aliphatic carbocycles. The molecule has 33 heavy (non-hydrogen) atoms. The number of nitrogens with one attached hydrogen (secondary N) is 1. The van der Waals surface area contributed by atoms with Gasteiger partial charge < -0.3 is 10.2 Å². The third kappa shape index (κ3) is 7.40. The fraction of sp³-hybridized carbons (Fsp3) is 0.462. The van der Waals surface area contributed by atoms with Gasteiger partial charge in [-0.05, 0) is 55.0 Å². The van der Waals surface area contributed by atoms with E-state index in [2.05, 4.69) is 5.32 Å². The number of benzene rings is 2. The van der Waals surface area contributed by atoms with Crippen molar-refractivity contribution >= 4 is 46.8 Å². The molecular formula is C26H32Cl2N2O2S. The molecule has 0 saturated heterocycles. The molecule has 7 heteroatoms. The van der Waals surface area contributed by atoms with Gasteiger partial charge >= 0.3 is 0 Å². The molecule has 0 aliphatic heterocycles. The maximum atomic E-state index is 13.4. The number of amides is 2. The Kier molecular flexibility index (Phi) is 9.96. The molecule has 1 N–H and O–H groups in total. The average Bonchev–Trinajstić information content (AvgIpc) is 3.30. The van der Waals surface area contributed by atoms with Gasteiger partial charge in [0.15, 0.2) is 0 Å². The highest BCUT2D eigenvalue weighted by Gasteiger charge is 2.30. The SMILES string of the molecule is CC[C@@H](C(=O)NC1CCCC1)N(Cc1ccccc1C)C(=O)CSCc1ccc(Cl)c(Cl)c1. The summed E-state index contributed by atoms with van der Waals surface area (Å²) >= 11 is 13.6. The first-order valence-electron chi connectivity index (χ1n) is 11.5. The lowest BCUT2D eigenvalue weighted by atomic mass is 10.1. The first-order valence-corrected chi connectivity index (χ1v) is 13.5. The first kappa shape index (κ1) is 25.9. The van der Waals surface area contributed by atoms with Gasteiger partial charge in [-0.15, -0.1) is 11.8 Å². The number of aryl methyl sites for hydroxylation is 1. The van der Waals surface area contributed by atoms with Crippen LogP contribution in [-0.2, 0) is 21.9 Å². The van der Waals surface area contributed by atoms with Crippen molar-refractivity contribution in [1.82, 2.24) is 10.2 Å². The lowest BCUT2D eigenvalue weighted by Crippen LogP contribution is -2.51. The second-order valence-electron chi connectivity index (χ2n) is 8.60. The van der Waals surface area contributed by atoms with Crippen LogP contribution >= 0.6 is 35.0 Å². The van der Waals surface area contributed by atoms with Crippen LogP contribution in [0.2, 0.25) is 10.0 Å². The number of halogens is 2. The minimum Gasteiger partial charge on any atom is -0.352 e. The molecule has 2 aromatic rings. The monoisotopic (exact) mass is 506 g/mol. The van der Waals surface area contributed by atoms with Crippen LogP contribution in [0.3, 0.4) is 0 Å². The zero-order valence-corrected chi connectivity index (χ0v) is 21.6. The van der Waals surface area contributed by atoms with Crippen molar-refractivity contribution in [1.29, 1.82) is 0 Å². The van der Waals surface area contributed by atoms with Crippen molar-refractivity contribution < 1.29 is 9.59 Å². The molecule has 0 radical (unpaired) electrons. The second-order valence-corrected chi connectivity index (χ2v) is 10.4. The van der Waals surface area contributed by atoms with Crippen molar-refractivity contribution in [2.75, 3.05) is 5.75 Å². The molecule has 0 unspecified atom stereocenters. The van der Waals surface area contributed by atoms with Crippen molar-refractivity contribution in [3.63, 3.8) is 0 Å². The molecule has 1 saturated carbocycles. The van der Waals surface area contributed by atoms with Gasteiger partial charge in [-0.1, -0.05) is 73.3 Å². The molecule has 1 atom stereocenters. The Labute approximate surface area is 211 Å². The van der Waals surface area contributed by atoms with Gasteiger partial charge in [-0.2, -0.15) is 0 Å². The number of carbonyl (C=O) groups excluding carboxylic acids is 2. The van der Waals surface area contributed by atoms with Crippen LogP contribution in [0.4, 0.5) is 0 Å². The summed E-state index contributed by atoms with van der Waals surface area (Å²) in [6, 6.07) is 13.3. The molecule has 1 fully saturated rings. The molecule has 4 nitrogen and oxygen atoms in total. The van der Waals surface area contributed by atoms with Gasteiger partial charge in [0.05, 0.1) is 15.8 Å². The number of rotatable bonds is 10. The average molecular weight is 508 g/mol. The predicted molar refractivity (Wildman–Crippen MR) is 139 cm³/mol. The summed E-state index contributed by atoms with van der Waals surface area (Å²) in [5, 5.41) is 4.22. The third-order valence-corrected chi connectivity index (χ3v) is 7.90. The lowest BCUT2D eigenvalue weighted by Gasteiger charge is -2.32. The van der Waals surface area contributed by atoms with E-state index in [0.717, 1.165) is 42.4 Å². The van der Waals surface area contributed by atoms with E-state index in [1.54, 1.807) is 11.0 Å². The third-order valence-electron chi connectivity index (χ3n) is 6.17. The normalized spacial score (nSPS) is 14.8. The highest BCUT2D eigenvalue weighted by Crippen LogP contribution is 2.25. The molecule has 0 heterocycles. The highest BCUT2D eigenvalue weighted by atomic mass is 35.5. The molecule has 0 spiro atoms. The summed E-state index contributed by atoms with van der Waals surface area (Å²) in [7, 11) is 0. The zero-order chi connectivity index (χ0) is 23.8. The Morgan fingerprint density at radius 2 is 1.85 bits per heavy atom. The summed E-state index contributed by atoms with van der Waals surface area (Å²) in [4.78, 5) is 28.3. The van der Waals surface area contributed by atoms with E-state index in [4.69, 9.17) is 23.2 Å². The van der Waals surface area contributed by atoms with E-state index in [1.807, 2.05) is 50.2 Å². The molecule has 0 aromatic heterocycles. The quantitative estimate of drug-likeness (QED) is 0.405. The van der Waals surface area contributed by atoms with Crippen LogP contribution in [0.1, 0.15) is 55.7 Å². The van der Waals surface area contributed by atoms with Crippen LogP contribution in [0, 0.1) is 6.92 Å². The number of nitrogens with zero attached hydrogens (tertiary/aromatic N) is 1. The summed E-state index contributed by atoms with van der Waals surface area (Å²) in [5.74, 6) is 0.864. The van der Waals surface area contributed by atoms with Gasteiger partial charge in [0, 0.05) is 18.3 Å². The van der Waals surface area contributed by atoms with Gasteiger partial charge in [-0.25, -0.2) is 0 Å². The van der Waals surface area contributed by atoms with E-state index in [0.29, 0.717) is 34.5 Å². The fourth-order valence-corrected chi connectivity index (χ4v) is 5.41. The number of hydrogen-bond acceptors (Lipinski definition) is 3. The minimum absolute atomic E-state index is 0.0308. The van der Waals surface area contributed by atoms with Crippen molar-refractivity contribution in [3.8, 4) is 0 Å². The van der Waals surface area contributed by atoms with Crippen molar-refractivity contribution in [2.45, 2.75) is 70.3 Å². The molecular weight excluding hydrogens is 475 g/mol. The zero-order valence-electron chi connectivity index (χ0n) is 19.3. The van der Waals surface area contributed by atoms with E-state index in [1.165, 1.54) is 11.8 Å². The van der Waals surface area contributed by atoms with Crippen LogP contribution in [0.5, 0.6) is 0 Å². The number of thioether (sulfide) groups is 1. The fourth-order valence-electron chi connectivity index (χ4n) is 4.23. The Bertz CT molecular complexity index is 963. The van der Waals surface area contributed by atoms with E-state index in [-0.39, 0.29) is 17.9 Å². The van der Waals surface area contributed by atoms with Crippen LogP contribution in [-0.4, -0.2) is 34.6 Å². The van der Waals surface area contributed by atoms with Crippen molar-refractivity contribution in [2.24, 2.45) is 0 Å². The first-order chi connectivity index (χ1) is 15.9. The summed E-state index contributed by atoms with van der Waals surface area (Å²) in [5.41, 5.74) is 3.19. The highest BCUT2D eigenvalue weighted by molar-refractivity contribution is 7.99. The smallest absolute Gasteiger partial charge is 0.243 e. The molecule has 178 valence electrons. The van der Waals surface area contributed by atoms with Crippen LogP contribution < -0.4 is 5.32 Å². The maximum Gasteiger partial charge on any atom is 0.243 e. The molecule has 0 bridgehead atoms. The summed E-state index contributed by atoms with van der Waals surface area (Å²) in [6.07, 6.45) is 4.92. The van der Waals surface area contributed by atoms with Gasteiger partial charge in [0.25, 0.3) is 0 Å². The standard InChI is InChI=1S/C26H32Cl2N2O2S/c1-3-24(26(32)29-21-10-6-7-11-21)30(15-20-9-5-4-8-18(20)2)25(31)17-33-16-19-12-13-22(27)23(28)14-19/h4-5,8-9,12-14,21,24H,3,6-7,10-11,15-17H2,1-2H3,(H,29,32)/t24-/m0/s1. The maximum absolute atomic E-state index is 13.4. The van der Waals surface area contributed by atoms with E-state index >= 15 is 0 Å². The van der Waals surface area contributed by atoms with Gasteiger partial charge in [0.1, 0.15) is 6.04 Å². The summed E-state index contributed by atoms with van der Waals surface area (Å²) in [6.45, 7) is 4.44. The lowest BCUT2D eigenvalue weighted by molar-refractivity contribution is -0.139. The predicted octanol–water partition coefficient (Wildman–Crippen LogP) is 6.40. The Hall–Kier alpha value is -1.69. The number of hydrogen-bond donors (Lipinski definition) is 1. The van der Waals surface area contributed by atoms with Crippen LogP contribution in [0.25, 0.3) is 0 Å². The van der Waals surface area contributed by atoms with Gasteiger partial charge in [0.2, 0.25) is 11.8 Å². The van der Waals surface area contributed by atoms with Crippen molar-refractivity contribution in [3.05, 3.63) is 69.2 Å². The summed E-state index contributed by atoms with van der Waals surface area (Å²) < 4.78 is 0. The molecule has 3 rings (SSSR count). The minimum atomic E-state index is -0.483. The van der Waals surface area contributed by atoms with Gasteiger partial charge in [-0.3, -0.25) is 9.59 Å². The number of carbonyl (C=O) groups is 2. The molecule has 2 amide bonds. The van der Waals surface area contributed by atoms with E-state index < -0.39 is 6.04 Å². The molecule has 2 aromatic carbocycles. The molecule has 1 aliphatic rings. The second kappa shape index (κ2) is 12.7. The Morgan fingerprint density at radius 3 is 2.52 bits per heavy atom.